The molecule has 3 rings (SSSR count). The molecule has 2 aromatic rings. The summed E-state index contributed by atoms with van der Waals surface area (Å²) in [6.45, 7) is 4.28. The van der Waals surface area contributed by atoms with Crippen LogP contribution in [0.1, 0.15) is 56.0 Å². The van der Waals surface area contributed by atoms with Crippen molar-refractivity contribution in [3.63, 3.8) is 0 Å². The van der Waals surface area contributed by atoms with Crippen molar-refractivity contribution in [1.82, 2.24) is 10.6 Å². The summed E-state index contributed by atoms with van der Waals surface area (Å²) in [7, 11) is 0. The van der Waals surface area contributed by atoms with Gasteiger partial charge in [-0.2, -0.15) is 0 Å². The van der Waals surface area contributed by atoms with E-state index in [0.717, 1.165) is 42.0 Å². The number of carbonyl (C=O) groups excluding carboxylic acids is 1. The van der Waals surface area contributed by atoms with Gasteiger partial charge in [0.25, 0.3) is 0 Å². The number of hydrogen-bond donors (Lipinski definition) is 2. The van der Waals surface area contributed by atoms with Crippen molar-refractivity contribution in [2.24, 2.45) is 5.92 Å². The van der Waals surface area contributed by atoms with E-state index in [1.807, 2.05) is 24.3 Å². The van der Waals surface area contributed by atoms with Gasteiger partial charge in [0, 0.05) is 11.5 Å². The van der Waals surface area contributed by atoms with Crippen LogP contribution >= 0.6 is 11.8 Å². The molecular weight excluding hydrogens is 352 g/mol. The van der Waals surface area contributed by atoms with Gasteiger partial charge in [0.05, 0.1) is 5.70 Å². The fourth-order valence-corrected chi connectivity index (χ4v) is 4.57. The Labute approximate surface area is 166 Å². The quantitative estimate of drug-likeness (QED) is 0.619. The molecule has 1 amide bonds. The first-order chi connectivity index (χ1) is 13.2. The van der Waals surface area contributed by atoms with Crippen molar-refractivity contribution in [3.05, 3.63) is 76.8 Å². The molecule has 1 aliphatic heterocycles. The summed E-state index contributed by atoms with van der Waals surface area (Å²) >= 11 is 1.69. The molecular formula is C23H28N2OS. The molecule has 0 bridgehead atoms. The number of nitrogens with one attached hydrogen (secondary N) is 2. The largest absolute Gasteiger partial charge is 0.367 e. The minimum atomic E-state index is 0.0842. The summed E-state index contributed by atoms with van der Waals surface area (Å²) in [5.74, 6) is 0.228. The fourth-order valence-electron chi connectivity index (χ4n) is 3.41. The summed E-state index contributed by atoms with van der Waals surface area (Å²) in [5.41, 5.74) is 3.31. The summed E-state index contributed by atoms with van der Waals surface area (Å²) in [5, 5.41) is 7.88. The van der Waals surface area contributed by atoms with E-state index in [4.69, 9.17) is 0 Å². The number of thioether (sulfide) groups is 1. The van der Waals surface area contributed by atoms with Crippen LogP contribution in [0.15, 0.2) is 65.7 Å². The van der Waals surface area contributed by atoms with Crippen LogP contribution in [0.25, 0.3) is 5.70 Å². The smallest absolute Gasteiger partial charge is 0.227 e. The second-order valence-corrected chi connectivity index (χ2v) is 8.00. The highest BCUT2D eigenvalue weighted by atomic mass is 32.2. The third-order valence-corrected chi connectivity index (χ3v) is 5.95. The van der Waals surface area contributed by atoms with Gasteiger partial charge in [-0.15, -0.1) is 0 Å². The molecule has 142 valence electrons. The van der Waals surface area contributed by atoms with E-state index in [1.165, 1.54) is 5.56 Å². The maximum absolute atomic E-state index is 12.9. The lowest BCUT2D eigenvalue weighted by Gasteiger charge is -2.16. The Morgan fingerprint density at radius 3 is 2.19 bits per heavy atom. The van der Waals surface area contributed by atoms with Crippen molar-refractivity contribution in [2.75, 3.05) is 0 Å². The Hall–Kier alpha value is -2.20. The van der Waals surface area contributed by atoms with Gasteiger partial charge < -0.3 is 10.6 Å². The molecule has 2 N–H and O–H groups in total. The van der Waals surface area contributed by atoms with E-state index in [0.29, 0.717) is 0 Å². The average molecular weight is 381 g/mol. The predicted molar refractivity (Wildman–Crippen MR) is 115 cm³/mol. The summed E-state index contributed by atoms with van der Waals surface area (Å²) in [6, 6.07) is 20.6. The number of hydrogen-bond acceptors (Lipinski definition) is 3. The van der Waals surface area contributed by atoms with Crippen LogP contribution in [0.5, 0.6) is 0 Å². The summed E-state index contributed by atoms with van der Waals surface area (Å²) in [6.07, 6.45) is 3.93. The van der Waals surface area contributed by atoms with Gasteiger partial charge >= 0.3 is 0 Å². The van der Waals surface area contributed by atoms with Crippen LogP contribution in [0.4, 0.5) is 0 Å². The zero-order valence-corrected chi connectivity index (χ0v) is 16.9. The molecule has 0 spiro atoms. The van der Waals surface area contributed by atoms with Crippen LogP contribution in [0.2, 0.25) is 0 Å². The first-order valence-corrected chi connectivity index (χ1v) is 10.7. The third kappa shape index (κ3) is 4.95. The van der Waals surface area contributed by atoms with E-state index in [9.17, 15) is 4.79 Å². The molecule has 4 heteroatoms. The average Bonchev–Trinajstić information content (AvgIpc) is 3.13. The number of rotatable bonds is 8. The molecule has 1 unspecified atom stereocenters. The molecule has 1 atom stereocenters. The molecule has 0 saturated heterocycles. The topological polar surface area (TPSA) is 41.1 Å². The lowest BCUT2D eigenvalue weighted by atomic mass is 9.97. The maximum Gasteiger partial charge on any atom is 0.227 e. The molecule has 1 aliphatic rings. The Kier molecular flexibility index (Phi) is 6.99. The van der Waals surface area contributed by atoms with Crippen LogP contribution < -0.4 is 10.6 Å². The van der Waals surface area contributed by atoms with E-state index in [2.05, 4.69) is 60.9 Å². The van der Waals surface area contributed by atoms with E-state index in [1.54, 1.807) is 11.8 Å². The Balaban J connectivity index is 1.84. The van der Waals surface area contributed by atoms with Crippen molar-refractivity contribution >= 4 is 23.4 Å². The highest BCUT2D eigenvalue weighted by Crippen LogP contribution is 2.42. The lowest BCUT2D eigenvalue weighted by Crippen LogP contribution is -2.29. The minimum Gasteiger partial charge on any atom is -0.367 e. The van der Waals surface area contributed by atoms with Crippen molar-refractivity contribution in [2.45, 2.75) is 44.9 Å². The maximum atomic E-state index is 12.9. The van der Waals surface area contributed by atoms with Crippen LogP contribution in [0, 0.1) is 5.92 Å². The minimum absolute atomic E-state index is 0.0842. The lowest BCUT2D eigenvalue weighted by molar-refractivity contribution is -0.124. The number of amides is 1. The zero-order valence-electron chi connectivity index (χ0n) is 16.1. The third-order valence-electron chi connectivity index (χ3n) is 4.78. The fraction of sp³-hybridized carbons (Fsp3) is 0.348. The predicted octanol–water partition coefficient (Wildman–Crippen LogP) is 5.68. The monoisotopic (exact) mass is 380 g/mol. The second kappa shape index (κ2) is 9.65. The van der Waals surface area contributed by atoms with Gasteiger partial charge in [-0.25, -0.2) is 0 Å². The Bertz CT molecular complexity index is 767. The Morgan fingerprint density at radius 1 is 1.00 bits per heavy atom. The molecule has 1 heterocycles. The van der Waals surface area contributed by atoms with Crippen molar-refractivity contribution in [1.29, 1.82) is 0 Å². The second-order valence-electron chi connectivity index (χ2n) is 6.89. The molecule has 2 aromatic carbocycles. The van der Waals surface area contributed by atoms with E-state index >= 15 is 0 Å². The van der Waals surface area contributed by atoms with Gasteiger partial charge in [0.2, 0.25) is 5.91 Å². The SMILES string of the molecule is CCCC(CCC)C(=O)NC1=C(c2ccccc2)NC(c2ccccc2)S1. The summed E-state index contributed by atoms with van der Waals surface area (Å²) in [4.78, 5) is 12.9. The number of carbonyl (C=O) groups is 1. The molecule has 3 nitrogen and oxygen atoms in total. The van der Waals surface area contributed by atoms with Gasteiger partial charge in [-0.05, 0) is 18.4 Å². The van der Waals surface area contributed by atoms with Gasteiger partial charge in [0.15, 0.2) is 0 Å². The van der Waals surface area contributed by atoms with E-state index < -0.39 is 0 Å². The van der Waals surface area contributed by atoms with Gasteiger partial charge in [-0.1, -0.05) is 99.1 Å². The molecule has 0 radical (unpaired) electrons. The molecule has 0 fully saturated rings. The molecule has 0 aliphatic carbocycles. The zero-order chi connectivity index (χ0) is 19.1. The van der Waals surface area contributed by atoms with Gasteiger partial charge in [0.1, 0.15) is 10.4 Å². The Morgan fingerprint density at radius 2 is 1.59 bits per heavy atom. The van der Waals surface area contributed by atoms with Crippen LogP contribution in [0.3, 0.4) is 0 Å². The van der Waals surface area contributed by atoms with Crippen molar-refractivity contribution < 1.29 is 4.79 Å². The molecule has 0 saturated carbocycles. The summed E-state index contributed by atoms with van der Waals surface area (Å²) < 4.78 is 0. The van der Waals surface area contributed by atoms with Gasteiger partial charge in [-0.3, -0.25) is 4.79 Å². The highest BCUT2D eigenvalue weighted by Gasteiger charge is 2.29. The molecule has 27 heavy (non-hydrogen) atoms. The highest BCUT2D eigenvalue weighted by molar-refractivity contribution is 8.03. The first-order valence-electron chi connectivity index (χ1n) is 9.81. The number of benzene rings is 2. The normalized spacial score (nSPS) is 16.5. The first kappa shape index (κ1) is 19.6. The van der Waals surface area contributed by atoms with Crippen LogP contribution in [-0.4, -0.2) is 5.91 Å². The van der Waals surface area contributed by atoms with E-state index in [-0.39, 0.29) is 17.2 Å². The standard InChI is InChI=1S/C23H28N2OS/c1-3-11-18(12-4-2)21(26)25-23-20(17-13-7-5-8-14-17)24-22(27-23)19-15-9-6-10-16-19/h5-10,13-16,18,22,24H,3-4,11-12H2,1-2H3,(H,25,26). The molecule has 0 aromatic heterocycles. The van der Waals surface area contributed by atoms with Crippen LogP contribution in [-0.2, 0) is 4.79 Å². The van der Waals surface area contributed by atoms with Crippen molar-refractivity contribution in [3.8, 4) is 0 Å².